The first-order chi connectivity index (χ1) is 7.15. The van der Waals surface area contributed by atoms with Gasteiger partial charge in [-0.3, -0.25) is 4.98 Å². The minimum absolute atomic E-state index is 0.119. The van der Waals surface area contributed by atoms with Crippen LogP contribution in [0.1, 0.15) is 13.3 Å². The molecule has 1 aromatic rings. The lowest BCUT2D eigenvalue weighted by atomic mass is 9.98. The van der Waals surface area contributed by atoms with Crippen LogP contribution in [-0.2, 0) is 0 Å². The molecule has 0 saturated heterocycles. The van der Waals surface area contributed by atoms with E-state index < -0.39 is 5.54 Å². The third kappa shape index (κ3) is 3.15. The molecule has 0 unspecified atom stereocenters. The van der Waals surface area contributed by atoms with Crippen LogP contribution < -0.4 is 5.32 Å². The van der Waals surface area contributed by atoms with Gasteiger partial charge in [0.05, 0.1) is 30.6 Å². The molecular weight excluding hydrogens is 260 g/mol. The molecule has 0 bridgehead atoms. The molecule has 1 heterocycles. The highest BCUT2D eigenvalue weighted by Crippen LogP contribution is 2.20. The smallest absolute Gasteiger partial charge is 0.0832 e. The average molecular weight is 275 g/mol. The fourth-order valence-corrected chi connectivity index (χ4v) is 1.59. The number of rotatable bonds is 5. The predicted octanol–water partition coefficient (Wildman–Crippen LogP) is 1.39. The Morgan fingerprint density at radius 2 is 2.07 bits per heavy atom. The van der Waals surface area contributed by atoms with Gasteiger partial charge in [-0.15, -0.1) is 0 Å². The van der Waals surface area contributed by atoms with E-state index in [4.69, 9.17) is 0 Å². The molecule has 1 aromatic heterocycles. The Labute approximate surface area is 97.5 Å². The minimum atomic E-state index is -0.678. The number of hydrogen-bond acceptors (Lipinski definition) is 4. The zero-order chi connectivity index (χ0) is 11.3. The van der Waals surface area contributed by atoms with Crippen LogP contribution in [0.5, 0.6) is 0 Å². The van der Waals surface area contributed by atoms with Crippen LogP contribution in [0.2, 0.25) is 0 Å². The Hall–Kier alpha value is -0.650. The highest BCUT2D eigenvalue weighted by molar-refractivity contribution is 9.10. The summed E-state index contributed by atoms with van der Waals surface area (Å²) >= 11 is 3.31. The molecule has 84 valence electrons. The molecule has 0 aliphatic rings. The number of nitrogens with zero attached hydrogens (tertiary/aromatic N) is 1. The summed E-state index contributed by atoms with van der Waals surface area (Å²) in [6.07, 6.45) is 3.96. The van der Waals surface area contributed by atoms with Gasteiger partial charge in [-0.2, -0.15) is 0 Å². The van der Waals surface area contributed by atoms with Crippen LogP contribution >= 0.6 is 15.9 Å². The lowest BCUT2D eigenvalue weighted by Gasteiger charge is -2.30. The lowest BCUT2D eigenvalue weighted by molar-refractivity contribution is 0.132. The Morgan fingerprint density at radius 1 is 1.40 bits per heavy atom. The maximum Gasteiger partial charge on any atom is 0.0832 e. The van der Waals surface area contributed by atoms with E-state index in [-0.39, 0.29) is 13.2 Å². The first-order valence-electron chi connectivity index (χ1n) is 4.76. The van der Waals surface area contributed by atoms with E-state index in [1.807, 2.05) is 13.0 Å². The molecule has 0 amide bonds. The summed E-state index contributed by atoms with van der Waals surface area (Å²) in [5, 5.41) is 21.6. The largest absolute Gasteiger partial charge is 0.394 e. The summed E-state index contributed by atoms with van der Waals surface area (Å²) in [4.78, 5) is 4.00. The molecule has 0 atom stereocenters. The van der Waals surface area contributed by atoms with Crippen molar-refractivity contribution in [2.75, 3.05) is 18.5 Å². The molecule has 15 heavy (non-hydrogen) atoms. The van der Waals surface area contributed by atoms with E-state index in [2.05, 4.69) is 26.2 Å². The molecule has 1 rings (SSSR count). The van der Waals surface area contributed by atoms with Gasteiger partial charge in [0.2, 0.25) is 0 Å². The SMILES string of the molecule is CCC(CO)(CO)Nc1cncc(Br)c1. The number of nitrogens with one attached hydrogen (secondary N) is 1. The normalized spacial score (nSPS) is 11.5. The summed E-state index contributed by atoms with van der Waals surface area (Å²) in [5.41, 5.74) is 0.0944. The second kappa shape index (κ2) is 5.44. The van der Waals surface area contributed by atoms with Crippen molar-refractivity contribution in [1.29, 1.82) is 0 Å². The van der Waals surface area contributed by atoms with Crippen molar-refractivity contribution in [3.63, 3.8) is 0 Å². The number of aromatic nitrogens is 1. The van der Waals surface area contributed by atoms with E-state index in [0.29, 0.717) is 6.42 Å². The predicted molar refractivity (Wildman–Crippen MR) is 62.8 cm³/mol. The van der Waals surface area contributed by atoms with Crippen molar-refractivity contribution in [3.8, 4) is 0 Å². The van der Waals surface area contributed by atoms with Gasteiger partial charge >= 0.3 is 0 Å². The van der Waals surface area contributed by atoms with Crippen molar-refractivity contribution in [2.24, 2.45) is 0 Å². The summed E-state index contributed by atoms with van der Waals surface area (Å²) in [5.74, 6) is 0. The third-order valence-electron chi connectivity index (χ3n) is 2.40. The highest BCUT2D eigenvalue weighted by Gasteiger charge is 2.26. The molecule has 0 spiro atoms. The van der Waals surface area contributed by atoms with Crippen LogP contribution in [0.25, 0.3) is 0 Å². The maximum absolute atomic E-state index is 9.25. The Balaban J connectivity index is 2.82. The topological polar surface area (TPSA) is 65.4 Å². The summed E-state index contributed by atoms with van der Waals surface area (Å²) in [7, 11) is 0. The first-order valence-corrected chi connectivity index (χ1v) is 5.55. The zero-order valence-electron chi connectivity index (χ0n) is 8.57. The standard InChI is InChI=1S/C10H15BrN2O2/c1-2-10(6-14,7-15)13-9-3-8(11)4-12-5-9/h3-5,13-15H,2,6-7H2,1H3. The molecule has 4 nitrogen and oxygen atoms in total. The van der Waals surface area contributed by atoms with E-state index in [1.165, 1.54) is 0 Å². The Kier molecular flexibility index (Phi) is 4.50. The van der Waals surface area contributed by atoms with Gasteiger partial charge in [-0.05, 0) is 28.4 Å². The third-order valence-corrected chi connectivity index (χ3v) is 2.83. The maximum atomic E-state index is 9.25. The van der Waals surface area contributed by atoms with Gasteiger partial charge < -0.3 is 15.5 Å². The van der Waals surface area contributed by atoms with Crippen molar-refractivity contribution in [1.82, 2.24) is 4.98 Å². The number of aliphatic hydroxyl groups is 2. The van der Waals surface area contributed by atoms with Crippen LogP contribution in [-0.4, -0.2) is 33.9 Å². The number of anilines is 1. The Bertz CT molecular complexity index is 308. The number of pyridine rings is 1. The monoisotopic (exact) mass is 274 g/mol. The zero-order valence-corrected chi connectivity index (χ0v) is 10.2. The van der Waals surface area contributed by atoms with E-state index >= 15 is 0 Å². The molecule has 0 radical (unpaired) electrons. The van der Waals surface area contributed by atoms with Gasteiger partial charge in [0.1, 0.15) is 0 Å². The second-order valence-electron chi connectivity index (χ2n) is 3.47. The van der Waals surface area contributed by atoms with E-state index in [1.54, 1.807) is 12.4 Å². The molecule has 0 fully saturated rings. The summed E-state index contributed by atoms with van der Waals surface area (Å²) < 4.78 is 0.855. The average Bonchev–Trinajstić information content (AvgIpc) is 2.26. The fraction of sp³-hybridized carbons (Fsp3) is 0.500. The van der Waals surface area contributed by atoms with Crippen LogP contribution in [0.15, 0.2) is 22.9 Å². The molecule has 0 aromatic carbocycles. The van der Waals surface area contributed by atoms with Crippen LogP contribution in [0, 0.1) is 0 Å². The van der Waals surface area contributed by atoms with Crippen molar-refractivity contribution in [3.05, 3.63) is 22.9 Å². The molecule has 0 aliphatic heterocycles. The lowest BCUT2D eigenvalue weighted by Crippen LogP contribution is -2.45. The van der Waals surface area contributed by atoms with Gasteiger partial charge in [-0.1, -0.05) is 6.92 Å². The highest BCUT2D eigenvalue weighted by atomic mass is 79.9. The van der Waals surface area contributed by atoms with Gasteiger partial charge in [0, 0.05) is 10.7 Å². The van der Waals surface area contributed by atoms with Crippen LogP contribution in [0.4, 0.5) is 5.69 Å². The fourth-order valence-electron chi connectivity index (χ4n) is 1.23. The molecule has 3 N–H and O–H groups in total. The van der Waals surface area contributed by atoms with Crippen molar-refractivity contribution >= 4 is 21.6 Å². The summed E-state index contributed by atoms with van der Waals surface area (Å²) in [6, 6.07) is 1.85. The van der Waals surface area contributed by atoms with E-state index in [9.17, 15) is 10.2 Å². The van der Waals surface area contributed by atoms with Gasteiger partial charge in [0.15, 0.2) is 0 Å². The summed E-state index contributed by atoms with van der Waals surface area (Å²) in [6.45, 7) is 1.67. The molecular formula is C10H15BrN2O2. The van der Waals surface area contributed by atoms with Gasteiger partial charge in [-0.25, -0.2) is 0 Å². The second-order valence-corrected chi connectivity index (χ2v) is 4.38. The molecule has 0 saturated carbocycles. The molecule has 5 heteroatoms. The number of aliphatic hydroxyl groups excluding tert-OH is 2. The quantitative estimate of drug-likeness (QED) is 0.759. The van der Waals surface area contributed by atoms with E-state index in [0.717, 1.165) is 10.2 Å². The first kappa shape index (κ1) is 12.4. The van der Waals surface area contributed by atoms with Crippen molar-refractivity contribution in [2.45, 2.75) is 18.9 Å². The van der Waals surface area contributed by atoms with Crippen LogP contribution in [0.3, 0.4) is 0 Å². The van der Waals surface area contributed by atoms with Gasteiger partial charge in [0.25, 0.3) is 0 Å². The number of hydrogen-bond donors (Lipinski definition) is 3. The van der Waals surface area contributed by atoms with Crippen molar-refractivity contribution < 1.29 is 10.2 Å². The molecule has 0 aliphatic carbocycles. The number of halogens is 1. The minimum Gasteiger partial charge on any atom is -0.394 e. The Morgan fingerprint density at radius 3 is 2.53 bits per heavy atom.